The van der Waals surface area contributed by atoms with Gasteiger partial charge in [-0.25, -0.2) is 0 Å². The summed E-state index contributed by atoms with van der Waals surface area (Å²) >= 11 is 0. The molecule has 2 aliphatic heterocycles. The molecule has 63 heavy (non-hydrogen) atoms. The van der Waals surface area contributed by atoms with Crippen LogP contribution in [0.15, 0.2) is 199 Å². The molecule has 0 amide bonds. The number of hydrogen-bond acceptors (Lipinski definition) is 3. The van der Waals surface area contributed by atoms with Crippen molar-refractivity contribution in [2.45, 2.75) is 31.3 Å². The maximum absolute atomic E-state index is 6.66. The normalized spacial score (nSPS) is 16.4. The minimum absolute atomic E-state index is 0.248. The molecule has 13 rings (SSSR count). The summed E-state index contributed by atoms with van der Waals surface area (Å²) in [6, 6.07) is 71.5. The Hall–Kier alpha value is -7.19. The van der Waals surface area contributed by atoms with E-state index < -0.39 is 0 Å². The SMILES string of the molecule is CC1(C)c2ccccc2N(c2ccc3c4ccccc4c4ccccc4c3c2)c2ccc(-c3ccc4c(c3)C(C)(P)c3ccccc3N4c3cccc4c3oc3ccccc34)cc21. The highest BCUT2D eigenvalue weighted by Crippen LogP contribution is 2.58. The third kappa shape index (κ3) is 5.12. The molecule has 0 N–H and O–H groups in total. The lowest BCUT2D eigenvalue weighted by Crippen LogP contribution is -2.30. The third-order valence-corrected chi connectivity index (χ3v) is 14.8. The van der Waals surface area contributed by atoms with E-state index in [1.807, 2.05) is 6.07 Å². The third-order valence-electron chi connectivity index (χ3n) is 14.2. The lowest BCUT2D eigenvalue weighted by Gasteiger charge is -2.43. The van der Waals surface area contributed by atoms with Gasteiger partial charge in [0.2, 0.25) is 0 Å². The van der Waals surface area contributed by atoms with E-state index >= 15 is 0 Å². The lowest BCUT2D eigenvalue weighted by molar-refractivity contribution is 0.632. The van der Waals surface area contributed by atoms with Crippen molar-refractivity contribution in [3.63, 3.8) is 0 Å². The molecule has 300 valence electrons. The molecule has 0 saturated heterocycles. The molecule has 0 fully saturated rings. The van der Waals surface area contributed by atoms with Crippen LogP contribution in [0, 0.1) is 0 Å². The first-order valence-electron chi connectivity index (χ1n) is 21.9. The fraction of sp³-hybridized carbons (Fsp3) is 0.0847. The van der Waals surface area contributed by atoms with Crippen molar-refractivity contribution in [3.8, 4) is 11.1 Å². The quantitative estimate of drug-likeness (QED) is 0.131. The zero-order chi connectivity index (χ0) is 42.2. The number of fused-ring (bicyclic) bond motifs is 13. The summed E-state index contributed by atoms with van der Waals surface area (Å²) in [4.78, 5) is 4.90. The number of nitrogens with zero attached hydrogens (tertiary/aromatic N) is 2. The molecular weight excluding hydrogens is 784 g/mol. The molecule has 1 aromatic heterocycles. The van der Waals surface area contributed by atoms with E-state index in [9.17, 15) is 0 Å². The maximum atomic E-state index is 6.66. The topological polar surface area (TPSA) is 19.6 Å². The van der Waals surface area contributed by atoms with Crippen molar-refractivity contribution in [2.24, 2.45) is 0 Å². The highest BCUT2D eigenvalue weighted by Gasteiger charge is 2.40. The van der Waals surface area contributed by atoms with Crippen LogP contribution in [0.2, 0.25) is 0 Å². The van der Waals surface area contributed by atoms with Gasteiger partial charge in [-0.3, -0.25) is 0 Å². The van der Waals surface area contributed by atoms with Gasteiger partial charge in [-0.1, -0.05) is 147 Å². The zero-order valence-corrected chi connectivity index (χ0v) is 36.5. The monoisotopic (exact) mass is 826 g/mol. The Morgan fingerprint density at radius 3 is 1.56 bits per heavy atom. The Morgan fingerprint density at radius 2 is 0.857 bits per heavy atom. The second-order valence-corrected chi connectivity index (χ2v) is 19.2. The van der Waals surface area contributed by atoms with Gasteiger partial charge in [-0.15, -0.1) is 9.24 Å². The summed E-state index contributed by atoms with van der Waals surface area (Å²) in [6.45, 7) is 7.09. The number of anilines is 6. The van der Waals surface area contributed by atoms with Crippen LogP contribution in [0.5, 0.6) is 0 Å². The Labute approximate surface area is 369 Å². The molecule has 0 bridgehead atoms. The summed E-state index contributed by atoms with van der Waals surface area (Å²) < 4.78 is 6.66. The van der Waals surface area contributed by atoms with Gasteiger partial charge in [0.15, 0.2) is 5.58 Å². The predicted molar refractivity (Wildman–Crippen MR) is 269 cm³/mol. The average molecular weight is 827 g/mol. The second-order valence-electron chi connectivity index (χ2n) is 18.1. The summed E-state index contributed by atoms with van der Waals surface area (Å²) in [6.07, 6.45) is 0. The standard InChI is InChI=1S/C59H43N2OP/c1-58(2)47-21-9-11-23-51(47)60(38-29-30-43-41-17-5-4-15-39(41)40-16-6-7-18-42(40)46(43)35-38)53-31-27-36(33-49(53)58)37-28-32-54-50(34-37)59(3,63)48-22-10-12-24-52(48)61(54)55-25-14-20-45-44-19-8-13-26-56(44)62-57(45)55/h4-35H,63H2,1-3H3. The molecule has 2 unspecified atom stereocenters. The fourth-order valence-corrected chi connectivity index (χ4v) is 11.5. The minimum Gasteiger partial charge on any atom is -0.454 e. The molecule has 11 aromatic rings. The maximum Gasteiger partial charge on any atom is 0.159 e. The van der Waals surface area contributed by atoms with Crippen LogP contribution in [0.25, 0.3) is 65.4 Å². The van der Waals surface area contributed by atoms with Gasteiger partial charge in [-0.05, 0) is 133 Å². The number of rotatable bonds is 3. The second kappa shape index (κ2) is 13.2. The highest BCUT2D eigenvalue weighted by atomic mass is 31.0. The number of benzene rings is 10. The first kappa shape index (κ1) is 36.5. The van der Waals surface area contributed by atoms with Crippen LogP contribution in [0.4, 0.5) is 34.1 Å². The van der Waals surface area contributed by atoms with Crippen molar-refractivity contribution >= 4 is 97.6 Å². The summed E-state index contributed by atoms with van der Waals surface area (Å²) in [7, 11) is 3.22. The van der Waals surface area contributed by atoms with Crippen molar-refractivity contribution in [2.75, 3.05) is 9.80 Å². The molecule has 0 spiro atoms. The molecule has 2 aliphatic rings. The van der Waals surface area contributed by atoms with Crippen molar-refractivity contribution in [1.82, 2.24) is 0 Å². The van der Waals surface area contributed by atoms with Crippen LogP contribution < -0.4 is 9.80 Å². The average Bonchev–Trinajstić information content (AvgIpc) is 3.71. The Balaban J connectivity index is 0.982. The van der Waals surface area contributed by atoms with Gasteiger partial charge in [-0.2, -0.15) is 0 Å². The first-order chi connectivity index (χ1) is 30.8. The predicted octanol–water partition coefficient (Wildman–Crippen LogP) is 16.7. The zero-order valence-electron chi connectivity index (χ0n) is 35.4. The van der Waals surface area contributed by atoms with Crippen molar-refractivity contribution in [1.29, 1.82) is 0 Å². The minimum atomic E-state index is -0.338. The number of hydrogen-bond donors (Lipinski definition) is 0. The molecule has 0 radical (unpaired) electrons. The molecule has 2 atom stereocenters. The van der Waals surface area contributed by atoms with E-state index in [0.717, 1.165) is 44.7 Å². The smallest absolute Gasteiger partial charge is 0.159 e. The Kier molecular flexibility index (Phi) is 7.62. The van der Waals surface area contributed by atoms with E-state index in [1.165, 1.54) is 77.1 Å². The Bertz CT molecular complexity index is 3690. The van der Waals surface area contributed by atoms with Gasteiger partial charge in [0.1, 0.15) is 5.58 Å². The molecule has 0 saturated carbocycles. The summed E-state index contributed by atoms with van der Waals surface area (Å²) in [5.74, 6) is 0. The van der Waals surface area contributed by atoms with Gasteiger partial charge in [0, 0.05) is 27.0 Å². The first-order valence-corrected chi connectivity index (χ1v) is 22.5. The van der Waals surface area contributed by atoms with Gasteiger partial charge in [0.05, 0.1) is 28.4 Å². The van der Waals surface area contributed by atoms with E-state index in [4.69, 9.17) is 4.42 Å². The van der Waals surface area contributed by atoms with Crippen LogP contribution in [-0.2, 0) is 10.6 Å². The Morgan fingerprint density at radius 1 is 0.365 bits per heavy atom. The van der Waals surface area contributed by atoms with E-state index in [2.05, 4.69) is 228 Å². The molecule has 4 heteroatoms. The van der Waals surface area contributed by atoms with Gasteiger partial charge < -0.3 is 14.2 Å². The molecule has 3 nitrogen and oxygen atoms in total. The number of para-hydroxylation sites is 4. The van der Waals surface area contributed by atoms with Gasteiger partial charge in [0.25, 0.3) is 0 Å². The van der Waals surface area contributed by atoms with Crippen LogP contribution in [0.1, 0.15) is 43.0 Å². The van der Waals surface area contributed by atoms with Crippen LogP contribution in [0.3, 0.4) is 0 Å². The largest absolute Gasteiger partial charge is 0.454 e. The van der Waals surface area contributed by atoms with Crippen LogP contribution >= 0.6 is 9.24 Å². The van der Waals surface area contributed by atoms with E-state index in [-0.39, 0.29) is 10.6 Å². The van der Waals surface area contributed by atoms with Crippen molar-refractivity contribution < 1.29 is 4.42 Å². The molecule has 0 aliphatic carbocycles. The van der Waals surface area contributed by atoms with Crippen molar-refractivity contribution in [3.05, 3.63) is 216 Å². The van der Waals surface area contributed by atoms with Crippen LogP contribution in [-0.4, -0.2) is 0 Å². The van der Waals surface area contributed by atoms with E-state index in [0.29, 0.717) is 0 Å². The lowest BCUT2D eigenvalue weighted by atomic mass is 9.72. The highest BCUT2D eigenvalue weighted by molar-refractivity contribution is 7.19. The van der Waals surface area contributed by atoms with Gasteiger partial charge >= 0.3 is 0 Å². The summed E-state index contributed by atoms with van der Waals surface area (Å²) in [5, 5.41) is 9.60. The molecular formula is C59H43N2OP. The number of furan rings is 1. The summed E-state index contributed by atoms with van der Waals surface area (Å²) in [5.41, 5.74) is 16.0. The fourth-order valence-electron chi connectivity index (χ4n) is 11.1. The molecule has 10 aromatic carbocycles. The molecule has 3 heterocycles. The van der Waals surface area contributed by atoms with E-state index in [1.54, 1.807) is 0 Å².